The lowest BCUT2D eigenvalue weighted by Crippen LogP contribution is -2.19. The summed E-state index contributed by atoms with van der Waals surface area (Å²) >= 11 is 0. The zero-order valence-electron chi connectivity index (χ0n) is 13.8. The van der Waals surface area contributed by atoms with Crippen LogP contribution in [0.1, 0.15) is 29.8 Å². The SMILES string of the molecule is CCOc1ccc(/C=N\NC(=O)c2ccccc2N)c(OCC)c1. The number of amides is 1. The zero-order valence-corrected chi connectivity index (χ0v) is 13.8. The van der Waals surface area contributed by atoms with Gasteiger partial charge in [0.1, 0.15) is 11.5 Å². The van der Waals surface area contributed by atoms with Gasteiger partial charge in [0.2, 0.25) is 0 Å². The van der Waals surface area contributed by atoms with Crippen LogP contribution >= 0.6 is 0 Å². The van der Waals surface area contributed by atoms with Gasteiger partial charge in [0.15, 0.2) is 0 Å². The van der Waals surface area contributed by atoms with Crippen molar-refractivity contribution >= 4 is 17.8 Å². The summed E-state index contributed by atoms with van der Waals surface area (Å²) in [5.74, 6) is 0.994. The minimum absolute atomic E-state index is 0.367. The summed E-state index contributed by atoms with van der Waals surface area (Å²) < 4.78 is 11.0. The van der Waals surface area contributed by atoms with Crippen LogP contribution in [0.2, 0.25) is 0 Å². The van der Waals surface area contributed by atoms with E-state index in [9.17, 15) is 4.79 Å². The highest BCUT2D eigenvalue weighted by atomic mass is 16.5. The summed E-state index contributed by atoms with van der Waals surface area (Å²) in [6, 6.07) is 12.3. The summed E-state index contributed by atoms with van der Waals surface area (Å²) in [6.07, 6.45) is 1.53. The molecule has 0 bridgehead atoms. The molecule has 0 heterocycles. The molecule has 0 aliphatic carbocycles. The van der Waals surface area contributed by atoms with Crippen LogP contribution in [0.15, 0.2) is 47.6 Å². The summed E-state index contributed by atoms with van der Waals surface area (Å²) in [6.45, 7) is 4.91. The Balaban J connectivity index is 2.10. The van der Waals surface area contributed by atoms with Crippen molar-refractivity contribution in [1.29, 1.82) is 0 Å². The number of rotatable bonds is 7. The summed E-state index contributed by atoms with van der Waals surface area (Å²) in [4.78, 5) is 12.0. The highest BCUT2D eigenvalue weighted by Gasteiger charge is 2.08. The van der Waals surface area contributed by atoms with Gasteiger partial charge in [0.05, 0.1) is 25.0 Å². The van der Waals surface area contributed by atoms with E-state index >= 15 is 0 Å². The molecule has 0 fully saturated rings. The van der Waals surface area contributed by atoms with Gasteiger partial charge in [-0.05, 0) is 38.1 Å². The van der Waals surface area contributed by atoms with Gasteiger partial charge < -0.3 is 15.2 Å². The van der Waals surface area contributed by atoms with Crippen molar-refractivity contribution < 1.29 is 14.3 Å². The molecule has 2 rings (SSSR count). The van der Waals surface area contributed by atoms with Crippen molar-refractivity contribution in [3.63, 3.8) is 0 Å². The fourth-order valence-corrected chi connectivity index (χ4v) is 2.08. The van der Waals surface area contributed by atoms with E-state index in [0.717, 1.165) is 11.3 Å². The molecule has 3 N–H and O–H groups in total. The van der Waals surface area contributed by atoms with Gasteiger partial charge in [-0.2, -0.15) is 5.10 Å². The minimum atomic E-state index is -0.367. The third-order valence-corrected chi connectivity index (χ3v) is 3.17. The molecule has 2 aromatic carbocycles. The fraction of sp³-hybridized carbons (Fsp3) is 0.222. The fourth-order valence-electron chi connectivity index (χ4n) is 2.08. The molecule has 24 heavy (non-hydrogen) atoms. The molecule has 6 nitrogen and oxygen atoms in total. The lowest BCUT2D eigenvalue weighted by molar-refractivity contribution is 0.0956. The molecule has 0 spiro atoms. The van der Waals surface area contributed by atoms with Gasteiger partial charge in [-0.25, -0.2) is 5.43 Å². The predicted molar refractivity (Wildman–Crippen MR) is 94.7 cm³/mol. The second kappa shape index (κ2) is 8.57. The lowest BCUT2D eigenvalue weighted by atomic mass is 10.2. The second-order valence-electron chi connectivity index (χ2n) is 4.85. The van der Waals surface area contributed by atoms with Crippen LogP contribution in [-0.4, -0.2) is 25.3 Å². The summed E-state index contributed by atoms with van der Waals surface area (Å²) in [5, 5.41) is 3.98. The molecule has 2 aromatic rings. The molecule has 126 valence electrons. The van der Waals surface area contributed by atoms with Gasteiger partial charge in [-0.3, -0.25) is 4.79 Å². The Morgan fingerprint density at radius 2 is 1.92 bits per heavy atom. The number of hydrazone groups is 1. The van der Waals surface area contributed by atoms with Gasteiger partial charge >= 0.3 is 0 Å². The molecule has 1 amide bonds. The van der Waals surface area contributed by atoms with E-state index in [-0.39, 0.29) is 5.91 Å². The largest absolute Gasteiger partial charge is 0.494 e. The molecular weight excluding hydrogens is 306 g/mol. The minimum Gasteiger partial charge on any atom is -0.494 e. The van der Waals surface area contributed by atoms with Crippen molar-refractivity contribution in [2.24, 2.45) is 5.10 Å². The lowest BCUT2D eigenvalue weighted by Gasteiger charge is -2.10. The number of nitrogens with zero attached hydrogens (tertiary/aromatic N) is 1. The Kier molecular flexibility index (Phi) is 6.19. The Hall–Kier alpha value is -3.02. The molecule has 0 aliphatic rings. The summed E-state index contributed by atoms with van der Waals surface area (Å²) in [5.41, 5.74) is 9.75. The van der Waals surface area contributed by atoms with Crippen molar-refractivity contribution in [3.05, 3.63) is 53.6 Å². The Bertz CT molecular complexity index is 729. The Morgan fingerprint density at radius 1 is 1.17 bits per heavy atom. The van der Waals surface area contributed by atoms with E-state index in [2.05, 4.69) is 10.5 Å². The van der Waals surface area contributed by atoms with Crippen LogP contribution in [0.3, 0.4) is 0 Å². The molecule has 0 unspecified atom stereocenters. The van der Waals surface area contributed by atoms with Gasteiger partial charge in [0.25, 0.3) is 5.91 Å². The van der Waals surface area contributed by atoms with E-state index in [1.807, 2.05) is 26.0 Å². The zero-order chi connectivity index (χ0) is 17.4. The van der Waals surface area contributed by atoms with Crippen molar-refractivity contribution in [2.75, 3.05) is 18.9 Å². The monoisotopic (exact) mass is 327 g/mol. The number of para-hydroxylation sites is 1. The van der Waals surface area contributed by atoms with E-state index in [1.165, 1.54) is 6.21 Å². The molecule has 0 radical (unpaired) electrons. The number of carbonyl (C=O) groups excluding carboxylic acids is 1. The van der Waals surface area contributed by atoms with E-state index < -0.39 is 0 Å². The number of benzene rings is 2. The smallest absolute Gasteiger partial charge is 0.273 e. The molecule has 0 aromatic heterocycles. The van der Waals surface area contributed by atoms with Gasteiger partial charge in [-0.15, -0.1) is 0 Å². The van der Waals surface area contributed by atoms with Gasteiger partial charge in [0, 0.05) is 17.3 Å². The number of nitrogens with one attached hydrogen (secondary N) is 1. The van der Waals surface area contributed by atoms with Crippen LogP contribution in [0.5, 0.6) is 11.5 Å². The molecule has 0 saturated heterocycles. The number of nitrogen functional groups attached to an aromatic ring is 1. The van der Waals surface area contributed by atoms with Crippen LogP contribution in [0.25, 0.3) is 0 Å². The molecule has 0 atom stereocenters. The van der Waals surface area contributed by atoms with Crippen molar-refractivity contribution in [2.45, 2.75) is 13.8 Å². The maximum absolute atomic E-state index is 12.0. The van der Waals surface area contributed by atoms with Crippen LogP contribution in [0.4, 0.5) is 5.69 Å². The average Bonchev–Trinajstić information content (AvgIpc) is 2.57. The van der Waals surface area contributed by atoms with Crippen molar-refractivity contribution in [1.82, 2.24) is 5.43 Å². The van der Waals surface area contributed by atoms with Crippen LogP contribution in [-0.2, 0) is 0 Å². The molecule has 0 aliphatic heterocycles. The maximum atomic E-state index is 12.0. The van der Waals surface area contributed by atoms with E-state index in [0.29, 0.717) is 30.2 Å². The second-order valence-corrected chi connectivity index (χ2v) is 4.85. The molecule has 0 saturated carbocycles. The number of nitrogens with two attached hydrogens (primary N) is 1. The number of ether oxygens (including phenoxy) is 2. The normalized spacial score (nSPS) is 10.6. The standard InChI is InChI=1S/C18H21N3O3/c1-3-23-14-10-9-13(17(11-14)24-4-2)12-20-21-18(22)15-7-5-6-8-16(15)19/h5-12H,3-4,19H2,1-2H3,(H,21,22)/b20-12-. The van der Waals surface area contributed by atoms with Gasteiger partial charge in [-0.1, -0.05) is 12.1 Å². The van der Waals surface area contributed by atoms with Crippen LogP contribution in [0, 0.1) is 0 Å². The highest BCUT2D eigenvalue weighted by molar-refractivity contribution is 5.99. The first kappa shape index (κ1) is 17.3. The summed E-state index contributed by atoms with van der Waals surface area (Å²) in [7, 11) is 0. The Morgan fingerprint density at radius 3 is 2.62 bits per heavy atom. The quantitative estimate of drug-likeness (QED) is 0.465. The third kappa shape index (κ3) is 4.49. The first-order valence-corrected chi connectivity index (χ1v) is 7.73. The first-order chi connectivity index (χ1) is 11.7. The Labute approximate surface area is 141 Å². The van der Waals surface area contributed by atoms with E-state index in [1.54, 1.807) is 30.3 Å². The van der Waals surface area contributed by atoms with Crippen molar-refractivity contribution in [3.8, 4) is 11.5 Å². The number of hydrogen-bond acceptors (Lipinski definition) is 5. The maximum Gasteiger partial charge on any atom is 0.273 e. The molecular formula is C18H21N3O3. The topological polar surface area (TPSA) is 85.9 Å². The number of carbonyl (C=O) groups is 1. The number of hydrogen-bond donors (Lipinski definition) is 2. The first-order valence-electron chi connectivity index (χ1n) is 7.73. The predicted octanol–water partition coefficient (Wildman–Crippen LogP) is 2.83. The highest BCUT2D eigenvalue weighted by Crippen LogP contribution is 2.24. The molecule has 6 heteroatoms. The van der Waals surface area contributed by atoms with E-state index in [4.69, 9.17) is 15.2 Å². The van der Waals surface area contributed by atoms with Crippen LogP contribution < -0.4 is 20.6 Å². The third-order valence-electron chi connectivity index (χ3n) is 3.17. The average molecular weight is 327 g/mol. The number of anilines is 1.